The van der Waals surface area contributed by atoms with Crippen LogP contribution in [0.2, 0.25) is 31.7 Å². The third-order valence-corrected chi connectivity index (χ3v) is 9.91. The van der Waals surface area contributed by atoms with Gasteiger partial charge in [-0.15, -0.1) is 0 Å². The number of halogens is 11. The average molecular weight is 565 g/mol. The number of carbonyl (C=O) groups is 1. The van der Waals surface area contributed by atoms with Gasteiger partial charge in [-0.05, 0) is 24.7 Å². The average Bonchev–Trinajstić information content (AvgIpc) is 2.69. The number of carbonyl (C=O) groups excluding carboxylic acids is 1. The minimum atomic E-state index is -7.26. The molecule has 0 saturated carbocycles. The fraction of sp³-hybridized carbons (Fsp3) is 0.611. The highest BCUT2D eigenvalue weighted by molar-refractivity contribution is 6.90. The Morgan fingerprint density at radius 2 is 1.51 bits per heavy atom. The number of nitrogens with zero attached hydrogens (tertiary/aromatic N) is 1. The second-order valence-electron chi connectivity index (χ2n) is 8.32. The lowest BCUT2D eigenvalue weighted by atomic mass is 10.2. The van der Waals surface area contributed by atoms with E-state index in [-0.39, 0.29) is 4.90 Å². The lowest BCUT2D eigenvalue weighted by Gasteiger charge is -2.36. The van der Waals surface area contributed by atoms with E-state index in [4.69, 9.17) is 0 Å². The Balaban J connectivity index is 3.44. The molecular weight excluding hydrogens is 543 g/mol. The van der Waals surface area contributed by atoms with Crippen molar-refractivity contribution in [1.82, 2.24) is 0 Å². The third-order valence-electron chi connectivity index (χ3n) is 5.06. The first-order valence-electron chi connectivity index (χ1n) is 9.59. The first-order valence-corrected chi connectivity index (χ1v) is 14.9. The predicted octanol–water partition coefficient (Wildman–Crippen LogP) is 5.21. The molecule has 0 aromatic heterocycles. The van der Waals surface area contributed by atoms with Gasteiger partial charge in [-0.3, -0.25) is 9.53 Å². The maximum Gasteiger partial charge on any atom is 0.462 e. The summed E-state index contributed by atoms with van der Waals surface area (Å²) in [7, 11) is -3.53. The zero-order valence-corrected chi connectivity index (χ0v) is 20.6. The quantitative estimate of drug-likeness (QED) is 0.331. The van der Waals surface area contributed by atoms with E-state index < -0.39 is 58.9 Å². The van der Waals surface area contributed by atoms with Crippen LogP contribution < -0.4 is 10.1 Å². The van der Waals surface area contributed by atoms with E-state index >= 15 is 0 Å². The van der Waals surface area contributed by atoms with E-state index in [1.54, 1.807) is 19.6 Å². The molecule has 0 fully saturated rings. The molecule has 0 saturated heterocycles. The van der Waals surface area contributed by atoms with Gasteiger partial charge in [-0.1, -0.05) is 36.5 Å². The molecular formula is C18H21F11NO3Si2. The standard InChI is InChI=1S/C18H21F11NO3Si2/c1-30(11-6-5-7-12(10-11)35(3,4)9-8-34(2)32)13(31)14(19,16(22,23)24)33-18(28,29)15(20,21)17(25,26)27/h5-7,10,32H,8-9H2,1-4H3. The number of ether oxygens (including phenoxy) is 1. The first-order chi connectivity index (χ1) is 15.4. The predicted molar refractivity (Wildman–Crippen MR) is 107 cm³/mol. The molecule has 4 nitrogen and oxygen atoms in total. The Morgan fingerprint density at radius 3 is 1.94 bits per heavy atom. The Morgan fingerprint density at radius 1 is 1.00 bits per heavy atom. The lowest BCUT2D eigenvalue weighted by Crippen LogP contribution is -2.63. The fourth-order valence-electron chi connectivity index (χ4n) is 2.73. The second-order valence-corrected chi connectivity index (χ2v) is 15.1. The zero-order chi connectivity index (χ0) is 27.8. The van der Waals surface area contributed by atoms with Crippen LogP contribution in [0.25, 0.3) is 0 Å². The Labute approximate surface area is 195 Å². The summed E-state index contributed by atoms with van der Waals surface area (Å²) < 4.78 is 147. The van der Waals surface area contributed by atoms with Crippen LogP contribution in [0.1, 0.15) is 0 Å². The summed E-state index contributed by atoms with van der Waals surface area (Å²) >= 11 is 0. The maximum atomic E-state index is 14.7. The van der Waals surface area contributed by atoms with Gasteiger partial charge >= 0.3 is 36.1 Å². The van der Waals surface area contributed by atoms with Gasteiger partial charge in [-0.2, -0.15) is 48.3 Å². The Hall–Kier alpha value is -1.73. The van der Waals surface area contributed by atoms with Crippen LogP contribution in [0.5, 0.6) is 0 Å². The van der Waals surface area contributed by atoms with Gasteiger partial charge in [0, 0.05) is 12.7 Å². The molecule has 0 bridgehead atoms. The monoisotopic (exact) mass is 564 g/mol. The number of amides is 1. The van der Waals surface area contributed by atoms with Crippen molar-refractivity contribution in [3.05, 3.63) is 24.3 Å². The van der Waals surface area contributed by atoms with E-state index in [1.807, 2.05) is 0 Å². The Bertz CT molecular complexity index is 906. The largest absolute Gasteiger partial charge is 0.462 e. The van der Waals surface area contributed by atoms with Gasteiger partial charge in [-0.25, -0.2) is 0 Å². The van der Waals surface area contributed by atoms with Crippen molar-refractivity contribution in [3.63, 3.8) is 0 Å². The SMILES string of the molecule is CN(C(=O)C(F)(OC(F)(F)C(F)(F)C(F)(F)F)C(F)(F)F)c1cccc([Si](C)(C)CC[Si](C)O)c1. The molecule has 1 radical (unpaired) electrons. The molecule has 1 amide bonds. The molecule has 1 atom stereocenters. The molecule has 0 spiro atoms. The van der Waals surface area contributed by atoms with Crippen molar-refractivity contribution < 1.29 is 62.6 Å². The van der Waals surface area contributed by atoms with Crippen LogP contribution >= 0.6 is 0 Å². The van der Waals surface area contributed by atoms with E-state index in [0.717, 1.165) is 12.1 Å². The maximum absolute atomic E-state index is 14.7. The van der Waals surface area contributed by atoms with E-state index in [0.29, 0.717) is 24.3 Å². The number of likely N-dealkylation sites (N-methyl/N-ethyl adjacent to an activating group) is 1. The molecule has 1 rings (SSSR count). The summed E-state index contributed by atoms with van der Waals surface area (Å²) in [5, 5.41) is 0.490. The molecule has 0 heterocycles. The van der Waals surface area contributed by atoms with Crippen LogP contribution in [0.3, 0.4) is 0 Å². The zero-order valence-electron chi connectivity index (χ0n) is 18.6. The highest BCUT2D eigenvalue weighted by Gasteiger charge is 2.80. The highest BCUT2D eigenvalue weighted by Crippen LogP contribution is 2.51. The topological polar surface area (TPSA) is 49.8 Å². The van der Waals surface area contributed by atoms with Gasteiger partial charge in [0.25, 0.3) is 0 Å². The molecule has 0 aliphatic heterocycles. The minimum Gasteiger partial charge on any atom is -0.432 e. The van der Waals surface area contributed by atoms with E-state index in [9.17, 15) is 57.9 Å². The third kappa shape index (κ3) is 6.54. The summed E-state index contributed by atoms with van der Waals surface area (Å²) in [4.78, 5) is 21.7. The van der Waals surface area contributed by atoms with Crippen molar-refractivity contribution in [3.8, 4) is 0 Å². The molecule has 1 N–H and O–H groups in total. The van der Waals surface area contributed by atoms with Crippen molar-refractivity contribution in [2.45, 2.75) is 62.0 Å². The number of hydrogen-bond donors (Lipinski definition) is 1. The highest BCUT2D eigenvalue weighted by atomic mass is 28.3. The molecule has 0 aliphatic rings. The minimum absolute atomic E-state index is 0.176. The van der Waals surface area contributed by atoms with Crippen LogP contribution in [-0.2, 0) is 9.53 Å². The lowest BCUT2D eigenvalue weighted by molar-refractivity contribution is -0.472. The van der Waals surface area contributed by atoms with Crippen molar-refractivity contribution in [2.24, 2.45) is 0 Å². The molecule has 35 heavy (non-hydrogen) atoms. The molecule has 1 aromatic rings. The van der Waals surface area contributed by atoms with E-state index in [1.165, 1.54) is 12.1 Å². The normalized spacial score (nSPS) is 15.8. The number of benzene rings is 1. The molecule has 0 aliphatic carbocycles. The number of hydrogen-bond acceptors (Lipinski definition) is 3. The van der Waals surface area contributed by atoms with Gasteiger partial charge in [0.1, 0.15) is 0 Å². The molecule has 201 valence electrons. The summed E-state index contributed by atoms with van der Waals surface area (Å²) in [5.41, 5.74) is -0.500. The molecule has 17 heteroatoms. The van der Waals surface area contributed by atoms with Crippen LogP contribution in [0.15, 0.2) is 24.3 Å². The second kappa shape index (κ2) is 9.97. The smallest absolute Gasteiger partial charge is 0.432 e. The fourth-order valence-corrected chi connectivity index (χ4v) is 8.06. The summed E-state index contributed by atoms with van der Waals surface area (Å²) in [6.07, 6.45) is -21.0. The first kappa shape index (κ1) is 31.3. The van der Waals surface area contributed by atoms with Crippen LogP contribution in [0.4, 0.5) is 54.0 Å². The number of anilines is 1. The van der Waals surface area contributed by atoms with Gasteiger partial charge in [0.05, 0.1) is 8.07 Å². The number of alkyl halides is 11. The summed E-state index contributed by atoms with van der Waals surface area (Å²) in [5.74, 6) is -16.5. The Kier molecular flexibility index (Phi) is 8.92. The van der Waals surface area contributed by atoms with Crippen molar-refractivity contribution in [2.75, 3.05) is 11.9 Å². The van der Waals surface area contributed by atoms with E-state index in [2.05, 4.69) is 4.74 Å². The van der Waals surface area contributed by atoms with Gasteiger partial charge in [0.15, 0.2) is 0 Å². The molecule has 1 unspecified atom stereocenters. The van der Waals surface area contributed by atoms with Crippen LogP contribution in [-0.4, -0.2) is 65.1 Å². The molecule has 1 aromatic carbocycles. The van der Waals surface area contributed by atoms with Crippen LogP contribution in [0, 0.1) is 0 Å². The number of rotatable bonds is 9. The van der Waals surface area contributed by atoms with Gasteiger partial charge in [0.2, 0.25) is 9.04 Å². The van der Waals surface area contributed by atoms with Crippen molar-refractivity contribution in [1.29, 1.82) is 0 Å². The van der Waals surface area contributed by atoms with Gasteiger partial charge < -0.3 is 9.70 Å². The summed E-state index contributed by atoms with van der Waals surface area (Å²) in [6.45, 7) is 5.22. The van der Waals surface area contributed by atoms with Crippen molar-refractivity contribution >= 4 is 33.9 Å². The summed E-state index contributed by atoms with van der Waals surface area (Å²) in [6, 6.07) is 5.80.